The number of benzene rings is 3. The molecular weight excluding hydrogens is 342 g/mol. The van der Waals surface area contributed by atoms with Crippen molar-refractivity contribution in [3.05, 3.63) is 89.5 Å². The number of nitrogens with two attached hydrogens (primary N) is 1. The lowest BCUT2D eigenvalue weighted by molar-refractivity contribution is -0.153. The largest absolute Gasteiger partial charge is 0.479 e. The molecule has 0 spiro atoms. The van der Waals surface area contributed by atoms with Gasteiger partial charge < -0.3 is 15.9 Å². The zero-order valence-corrected chi connectivity index (χ0v) is 14.5. The Labute approximate surface area is 156 Å². The standard InChI is InChI=1S/C11H9NO.C11H10O3/c12-11(13)10-7-3-5-8-4-1-2-6-9(8)10;12-10(13)11(14)6-5-8-3-1-2-4-9(8)7-11/h1-7H,(H2,12,13);1-6,14H,7H2,(H,12,13). The lowest BCUT2D eigenvalue weighted by atomic mass is 9.86. The summed E-state index contributed by atoms with van der Waals surface area (Å²) in [5, 5.41) is 20.5. The minimum atomic E-state index is -1.74. The van der Waals surface area contributed by atoms with Gasteiger partial charge in [0.25, 0.3) is 0 Å². The normalized spacial score (nSPS) is 17.5. The number of fused-ring (bicyclic) bond motifs is 2. The van der Waals surface area contributed by atoms with Crippen LogP contribution >= 0.6 is 0 Å². The van der Waals surface area contributed by atoms with Gasteiger partial charge in [0.1, 0.15) is 0 Å². The number of primary amides is 1. The van der Waals surface area contributed by atoms with Crippen molar-refractivity contribution < 1.29 is 19.8 Å². The van der Waals surface area contributed by atoms with Gasteiger partial charge in [-0.25, -0.2) is 4.79 Å². The van der Waals surface area contributed by atoms with E-state index in [1.807, 2.05) is 60.7 Å². The van der Waals surface area contributed by atoms with Crippen LogP contribution in [0.15, 0.2) is 72.8 Å². The quantitative estimate of drug-likeness (QED) is 0.653. The predicted molar refractivity (Wildman–Crippen MR) is 104 cm³/mol. The Morgan fingerprint density at radius 2 is 1.59 bits per heavy atom. The summed E-state index contributed by atoms with van der Waals surface area (Å²) in [6.45, 7) is 0. The van der Waals surface area contributed by atoms with E-state index in [1.165, 1.54) is 6.08 Å². The summed E-state index contributed by atoms with van der Waals surface area (Å²) in [5.74, 6) is -1.58. The SMILES string of the molecule is NC(=O)c1cccc2ccccc12.O=C(O)C1(O)C=Cc2ccccc2C1. The van der Waals surface area contributed by atoms with E-state index in [2.05, 4.69) is 0 Å². The molecule has 27 heavy (non-hydrogen) atoms. The zero-order chi connectivity index (χ0) is 19.4. The molecule has 1 aliphatic carbocycles. The summed E-state index contributed by atoms with van der Waals surface area (Å²) in [4.78, 5) is 21.8. The third-order valence-electron chi connectivity index (χ3n) is 4.48. The van der Waals surface area contributed by atoms with Gasteiger partial charge >= 0.3 is 5.97 Å². The molecule has 1 atom stereocenters. The molecule has 0 bridgehead atoms. The van der Waals surface area contributed by atoms with E-state index in [9.17, 15) is 14.7 Å². The highest BCUT2D eigenvalue weighted by molar-refractivity contribution is 6.06. The fourth-order valence-corrected chi connectivity index (χ4v) is 3.02. The smallest absolute Gasteiger partial charge is 0.340 e. The number of rotatable bonds is 2. The van der Waals surface area contributed by atoms with Crippen LogP contribution in [0.2, 0.25) is 0 Å². The molecule has 0 radical (unpaired) electrons. The first-order valence-electron chi connectivity index (χ1n) is 8.41. The van der Waals surface area contributed by atoms with Crippen LogP contribution < -0.4 is 5.73 Å². The Kier molecular flexibility index (Phi) is 5.05. The van der Waals surface area contributed by atoms with Crippen molar-refractivity contribution in [2.24, 2.45) is 5.73 Å². The summed E-state index contributed by atoms with van der Waals surface area (Å²) < 4.78 is 0. The molecule has 4 rings (SSSR count). The Hall–Kier alpha value is -3.44. The van der Waals surface area contributed by atoms with E-state index in [1.54, 1.807) is 12.1 Å². The number of carbonyl (C=O) groups excluding carboxylic acids is 1. The summed E-state index contributed by atoms with van der Waals surface area (Å²) in [5.41, 5.74) is 5.91. The van der Waals surface area contributed by atoms with E-state index in [-0.39, 0.29) is 12.3 Å². The zero-order valence-electron chi connectivity index (χ0n) is 14.5. The van der Waals surface area contributed by atoms with Crippen LogP contribution in [0.1, 0.15) is 21.5 Å². The molecule has 0 saturated heterocycles. The topological polar surface area (TPSA) is 101 Å². The lowest BCUT2D eigenvalue weighted by Crippen LogP contribution is -2.40. The van der Waals surface area contributed by atoms with Gasteiger partial charge in [0.15, 0.2) is 5.60 Å². The lowest BCUT2D eigenvalue weighted by Gasteiger charge is -2.24. The van der Waals surface area contributed by atoms with Gasteiger partial charge in [-0.2, -0.15) is 0 Å². The second-order valence-electron chi connectivity index (χ2n) is 6.33. The van der Waals surface area contributed by atoms with Gasteiger partial charge in [0.2, 0.25) is 5.91 Å². The van der Waals surface area contributed by atoms with Gasteiger partial charge in [0.05, 0.1) is 0 Å². The third kappa shape index (κ3) is 3.88. The molecule has 1 amide bonds. The van der Waals surface area contributed by atoms with Crippen molar-refractivity contribution >= 4 is 28.7 Å². The number of aliphatic hydroxyl groups is 1. The Bertz CT molecular complexity index is 1040. The van der Waals surface area contributed by atoms with Crippen molar-refractivity contribution in [3.63, 3.8) is 0 Å². The van der Waals surface area contributed by atoms with Crippen molar-refractivity contribution in [1.29, 1.82) is 0 Å². The maximum atomic E-state index is 11.0. The molecule has 0 aromatic heterocycles. The second kappa shape index (κ2) is 7.43. The molecule has 0 fully saturated rings. The summed E-state index contributed by atoms with van der Waals surface area (Å²) in [6.07, 6.45) is 3.11. The number of carboxylic acids is 1. The Balaban J connectivity index is 0.000000156. The number of aliphatic carboxylic acids is 1. The molecule has 3 aromatic carbocycles. The summed E-state index contributed by atoms with van der Waals surface area (Å²) in [6, 6.07) is 20.7. The summed E-state index contributed by atoms with van der Waals surface area (Å²) >= 11 is 0. The average molecular weight is 361 g/mol. The number of carboxylic acid groups (broad SMARTS) is 1. The van der Waals surface area contributed by atoms with Gasteiger partial charge in [-0.05, 0) is 34.0 Å². The molecule has 3 aromatic rings. The van der Waals surface area contributed by atoms with Crippen LogP contribution in [0.5, 0.6) is 0 Å². The fraction of sp³-hybridized carbons (Fsp3) is 0.0909. The third-order valence-corrected chi connectivity index (χ3v) is 4.48. The first kappa shape index (κ1) is 18.4. The first-order chi connectivity index (χ1) is 12.9. The monoisotopic (exact) mass is 361 g/mol. The molecule has 136 valence electrons. The van der Waals surface area contributed by atoms with Crippen LogP contribution in [0.25, 0.3) is 16.8 Å². The van der Waals surface area contributed by atoms with Gasteiger partial charge in [-0.3, -0.25) is 4.79 Å². The predicted octanol–water partition coefficient (Wildman–Crippen LogP) is 3.01. The van der Waals surface area contributed by atoms with Crippen LogP contribution in [-0.4, -0.2) is 27.7 Å². The Morgan fingerprint density at radius 1 is 0.926 bits per heavy atom. The van der Waals surface area contributed by atoms with E-state index >= 15 is 0 Å². The van der Waals surface area contributed by atoms with E-state index in [0.717, 1.165) is 21.9 Å². The van der Waals surface area contributed by atoms with Crippen molar-refractivity contribution in [3.8, 4) is 0 Å². The van der Waals surface area contributed by atoms with Crippen molar-refractivity contribution in [2.75, 3.05) is 0 Å². The molecule has 0 saturated carbocycles. The highest BCUT2D eigenvalue weighted by Crippen LogP contribution is 2.25. The van der Waals surface area contributed by atoms with Gasteiger partial charge in [-0.15, -0.1) is 0 Å². The molecule has 0 heterocycles. The average Bonchev–Trinajstić information content (AvgIpc) is 2.67. The number of amides is 1. The molecule has 5 nitrogen and oxygen atoms in total. The maximum absolute atomic E-state index is 11.0. The minimum Gasteiger partial charge on any atom is -0.479 e. The Morgan fingerprint density at radius 3 is 2.33 bits per heavy atom. The van der Waals surface area contributed by atoms with Crippen LogP contribution in [0.3, 0.4) is 0 Å². The minimum absolute atomic E-state index is 0.134. The van der Waals surface area contributed by atoms with E-state index in [4.69, 9.17) is 10.8 Å². The molecule has 1 unspecified atom stereocenters. The summed E-state index contributed by atoms with van der Waals surface area (Å²) in [7, 11) is 0. The number of hydrogen-bond donors (Lipinski definition) is 3. The maximum Gasteiger partial charge on any atom is 0.340 e. The van der Waals surface area contributed by atoms with Crippen LogP contribution in [0, 0.1) is 0 Å². The van der Waals surface area contributed by atoms with E-state index in [0.29, 0.717) is 5.56 Å². The molecule has 0 aliphatic heterocycles. The molecular formula is C22H19NO4. The van der Waals surface area contributed by atoms with Gasteiger partial charge in [0, 0.05) is 12.0 Å². The number of carbonyl (C=O) groups is 2. The molecule has 1 aliphatic rings. The second-order valence-corrected chi connectivity index (χ2v) is 6.33. The van der Waals surface area contributed by atoms with Crippen molar-refractivity contribution in [1.82, 2.24) is 0 Å². The first-order valence-corrected chi connectivity index (χ1v) is 8.41. The molecule has 4 N–H and O–H groups in total. The van der Waals surface area contributed by atoms with E-state index < -0.39 is 11.6 Å². The van der Waals surface area contributed by atoms with Gasteiger partial charge in [-0.1, -0.05) is 66.7 Å². The van der Waals surface area contributed by atoms with Crippen LogP contribution in [-0.2, 0) is 11.2 Å². The fourth-order valence-electron chi connectivity index (χ4n) is 3.02. The molecule has 5 heteroatoms. The van der Waals surface area contributed by atoms with Crippen molar-refractivity contribution in [2.45, 2.75) is 12.0 Å². The van der Waals surface area contributed by atoms with Crippen LogP contribution in [0.4, 0.5) is 0 Å². The number of hydrogen-bond acceptors (Lipinski definition) is 3. The highest BCUT2D eigenvalue weighted by Gasteiger charge is 2.35. The highest BCUT2D eigenvalue weighted by atomic mass is 16.4.